The van der Waals surface area contributed by atoms with Crippen LogP contribution in [0.25, 0.3) is 6.08 Å². The molecule has 4 rings (SSSR count). The van der Waals surface area contributed by atoms with Gasteiger partial charge in [-0.1, -0.05) is 58.5 Å². The number of imide groups is 2. The summed E-state index contributed by atoms with van der Waals surface area (Å²) < 4.78 is 5.49. The first-order chi connectivity index (χ1) is 18.0. The van der Waals surface area contributed by atoms with E-state index in [9.17, 15) is 19.2 Å². The largest absolute Gasteiger partial charge is 0.482 e. The first-order valence-corrected chi connectivity index (χ1v) is 12.4. The zero-order chi connectivity index (χ0) is 27.6. The summed E-state index contributed by atoms with van der Waals surface area (Å²) in [5.74, 6) is -1.94. The fraction of sp³-hybridized carbons (Fsp3) is 0.0769. The summed E-state index contributed by atoms with van der Waals surface area (Å²) in [5.41, 5.74) is 1.41. The van der Waals surface area contributed by atoms with Crippen molar-refractivity contribution >= 4 is 87.6 Å². The lowest BCUT2D eigenvalue weighted by atomic mass is 10.1. The molecular weight excluding hydrogens is 576 g/mol. The number of carbonyl (C=O) groups is 4. The maximum atomic E-state index is 13.1. The number of anilines is 2. The molecule has 0 saturated carbocycles. The smallest absolute Gasteiger partial charge is 0.335 e. The fourth-order valence-corrected chi connectivity index (χ4v) is 4.21. The molecule has 0 bridgehead atoms. The predicted molar refractivity (Wildman–Crippen MR) is 147 cm³/mol. The highest BCUT2D eigenvalue weighted by Gasteiger charge is 2.37. The minimum absolute atomic E-state index is 0.129. The number of rotatable bonds is 6. The van der Waals surface area contributed by atoms with Crippen LogP contribution in [-0.2, 0) is 14.4 Å². The summed E-state index contributed by atoms with van der Waals surface area (Å²) >= 11 is 24.2. The summed E-state index contributed by atoms with van der Waals surface area (Å²) in [6, 6.07) is 13.0. The molecule has 194 valence electrons. The molecule has 1 fully saturated rings. The second kappa shape index (κ2) is 11.4. The number of aryl methyl sites for hydroxylation is 1. The third-order valence-electron chi connectivity index (χ3n) is 5.34. The molecule has 8 nitrogen and oxygen atoms in total. The molecule has 12 heteroatoms. The lowest BCUT2D eigenvalue weighted by Gasteiger charge is -2.27. The first kappa shape index (κ1) is 27.5. The van der Waals surface area contributed by atoms with Crippen LogP contribution in [0.4, 0.5) is 16.2 Å². The van der Waals surface area contributed by atoms with E-state index in [1.807, 2.05) is 0 Å². The van der Waals surface area contributed by atoms with Crippen LogP contribution in [0.5, 0.6) is 5.75 Å². The molecule has 1 saturated heterocycles. The average molecular weight is 593 g/mol. The molecule has 0 aliphatic carbocycles. The Balaban J connectivity index is 1.49. The highest BCUT2D eigenvalue weighted by atomic mass is 35.5. The zero-order valence-corrected chi connectivity index (χ0v) is 22.5. The highest BCUT2D eigenvalue weighted by Crippen LogP contribution is 2.30. The Morgan fingerprint density at radius 2 is 1.71 bits per heavy atom. The van der Waals surface area contributed by atoms with Gasteiger partial charge in [-0.15, -0.1) is 0 Å². The first-order valence-electron chi connectivity index (χ1n) is 10.9. The second-order valence-corrected chi connectivity index (χ2v) is 9.70. The molecule has 3 aromatic carbocycles. The molecule has 1 aliphatic rings. The molecule has 0 radical (unpaired) electrons. The van der Waals surface area contributed by atoms with Gasteiger partial charge in [0.15, 0.2) is 6.61 Å². The van der Waals surface area contributed by atoms with Gasteiger partial charge in [-0.05, 0) is 66.6 Å². The summed E-state index contributed by atoms with van der Waals surface area (Å²) in [6.45, 7) is 1.35. The number of benzene rings is 3. The zero-order valence-electron chi connectivity index (χ0n) is 19.5. The minimum Gasteiger partial charge on any atom is -0.482 e. The van der Waals surface area contributed by atoms with Crippen molar-refractivity contribution in [1.82, 2.24) is 5.32 Å². The Labute approximate surface area is 237 Å². The van der Waals surface area contributed by atoms with E-state index in [0.29, 0.717) is 31.9 Å². The van der Waals surface area contributed by atoms with Gasteiger partial charge in [0.1, 0.15) is 11.3 Å². The number of carbonyl (C=O) groups excluding carboxylic acids is 4. The Kier molecular flexibility index (Phi) is 8.28. The minimum atomic E-state index is -0.886. The van der Waals surface area contributed by atoms with Gasteiger partial charge < -0.3 is 10.1 Å². The van der Waals surface area contributed by atoms with E-state index in [2.05, 4.69) is 10.6 Å². The monoisotopic (exact) mass is 591 g/mol. The van der Waals surface area contributed by atoms with Crippen LogP contribution in [-0.4, -0.2) is 30.4 Å². The van der Waals surface area contributed by atoms with Crippen molar-refractivity contribution in [1.29, 1.82) is 0 Å². The van der Waals surface area contributed by atoms with Crippen LogP contribution in [0.15, 0.2) is 60.2 Å². The van der Waals surface area contributed by atoms with E-state index in [-0.39, 0.29) is 28.6 Å². The van der Waals surface area contributed by atoms with Crippen molar-refractivity contribution in [3.8, 4) is 5.75 Å². The number of halogens is 4. The highest BCUT2D eigenvalue weighted by molar-refractivity contribution is 6.42. The van der Waals surface area contributed by atoms with Crippen LogP contribution in [0, 0.1) is 6.92 Å². The lowest BCUT2D eigenvalue weighted by molar-refractivity contribution is -0.122. The van der Waals surface area contributed by atoms with Gasteiger partial charge in [0, 0.05) is 10.7 Å². The van der Waals surface area contributed by atoms with Gasteiger partial charge in [-0.25, -0.2) is 9.69 Å². The number of hydrogen-bond donors (Lipinski definition) is 2. The number of hydrogen-bond acceptors (Lipinski definition) is 5. The quantitative estimate of drug-likeness (QED) is 0.258. The van der Waals surface area contributed by atoms with Gasteiger partial charge >= 0.3 is 6.03 Å². The molecule has 1 aliphatic heterocycles. The van der Waals surface area contributed by atoms with Gasteiger partial charge in [0.25, 0.3) is 17.7 Å². The molecule has 3 aromatic rings. The van der Waals surface area contributed by atoms with Crippen LogP contribution in [0.2, 0.25) is 20.1 Å². The Hall–Kier alpha value is -3.56. The normalized spacial score (nSPS) is 14.5. The van der Waals surface area contributed by atoms with E-state index in [4.69, 9.17) is 51.1 Å². The van der Waals surface area contributed by atoms with Crippen molar-refractivity contribution in [2.45, 2.75) is 6.92 Å². The Bertz CT molecular complexity index is 1520. The van der Waals surface area contributed by atoms with Crippen LogP contribution < -0.4 is 20.3 Å². The maximum Gasteiger partial charge on any atom is 0.335 e. The standard InChI is InChI=1S/C26H17Cl4N3O5/c1-13-2-4-15(27)10-21(13)33-25(36)17(24(35)32-26(33)37)8-14-3-7-22(20(30)9-14)38-12-23(34)31-16-5-6-18(28)19(29)11-16/h2-11H,12H2,1H3,(H,31,34)(H,32,35,37)/b17-8+. The third-order valence-corrected chi connectivity index (χ3v) is 6.61. The summed E-state index contributed by atoms with van der Waals surface area (Å²) in [4.78, 5) is 51.2. The molecule has 5 amide bonds. The van der Waals surface area contributed by atoms with Crippen molar-refractivity contribution in [3.63, 3.8) is 0 Å². The number of barbiturate groups is 1. The lowest BCUT2D eigenvalue weighted by Crippen LogP contribution is -2.54. The van der Waals surface area contributed by atoms with E-state index >= 15 is 0 Å². The molecule has 2 N–H and O–H groups in total. The van der Waals surface area contributed by atoms with E-state index in [1.54, 1.807) is 31.2 Å². The molecular formula is C26H17Cl4N3O5. The second-order valence-electron chi connectivity index (χ2n) is 8.04. The topological polar surface area (TPSA) is 105 Å². The number of nitrogens with one attached hydrogen (secondary N) is 2. The van der Waals surface area contributed by atoms with Gasteiger partial charge in [-0.3, -0.25) is 19.7 Å². The number of amides is 5. The van der Waals surface area contributed by atoms with E-state index < -0.39 is 23.8 Å². The van der Waals surface area contributed by atoms with Crippen LogP contribution in [0.1, 0.15) is 11.1 Å². The maximum absolute atomic E-state index is 13.1. The third kappa shape index (κ3) is 6.11. The fourth-order valence-electron chi connectivity index (χ4n) is 3.50. The van der Waals surface area contributed by atoms with Crippen LogP contribution >= 0.6 is 46.4 Å². The molecule has 0 aromatic heterocycles. The molecule has 0 spiro atoms. The summed E-state index contributed by atoms with van der Waals surface area (Å²) in [5, 5.41) is 5.88. The Morgan fingerprint density at radius 3 is 2.42 bits per heavy atom. The van der Waals surface area contributed by atoms with Crippen molar-refractivity contribution in [2.75, 3.05) is 16.8 Å². The predicted octanol–water partition coefficient (Wildman–Crippen LogP) is 6.29. The number of ether oxygens (including phenoxy) is 1. The van der Waals surface area contributed by atoms with Crippen molar-refractivity contribution < 1.29 is 23.9 Å². The van der Waals surface area contributed by atoms with Gasteiger partial charge in [0.05, 0.1) is 20.8 Å². The van der Waals surface area contributed by atoms with Gasteiger partial charge in [0.2, 0.25) is 0 Å². The molecule has 38 heavy (non-hydrogen) atoms. The summed E-state index contributed by atoms with van der Waals surface area (Å²) in [6.07, 6.45) is 1.30. The molecule has 1 heterocycles. The van der Waals surface area contributed by atoms with E-state index in [0.717, 1.165) is 4.90 Å². The molecule has 0 unspecified atom stereocenters. The summed E-state index contributed by atoms with van der Waals surface area (Å²) in [7, 11) is 0. The SMILES string of the molecule is Cc1ccc(Cl)cc1N1C(=O)NC(=O)/C(=C\c2ccc(OCC(=O)Nc3ccc(Cl)c(Cl)c3)c(Cl)c2)C1=O. The van der Waals surface area contributed by atoms with Crippen molar-refractivity contribution in [3.05, 3.63) is 91.4 Å². The number of urea groups is 1. The average Bonchev–Trinajstić information content (AvgIpc) is 2.85. The van der Waals surface area contributed by atoms with E-state index in [1.165, 1.54) is 36.4 Å². The molecule has 0 atom stereocenters. The van der Waals surface area contributed by atoms with Crippen molar-refractivity contribution in [2.24, 2.45) is 0 Å². The number of nitrogens with zero attached hydrogens (tertiary/aromatic N) is 1. The van der Waals surface area contributed by atoms with Gasteiger partial charge in [-0.2, -0.15) is 0 Å². The van der Waals surface area contributed by atoms with Crippen LogP contribution in [0.3, 0.4) is 0 Å². The Morgan fingerprint density at radius 1 is 0.947 bits per heavy atom.